The van der Waals surface area contributed by atoms with Gasteiger partial charge in [0, 0.05) is 6.61 Å². The van der Waals surface area contributed by atoms with E-state index in [1.807, 2.05) is 24.4 Å². The first-order valence-electron chi connectivity index (χ1n) is 5.73. The molecule has 2 aromatic rings. The summed E-state index contributed by atoms with van der Waals surface area (Å²) in [6.45, 7) is 1.61. The molecule has 1 atom stereocenters. The molecule has 17 heavy (non-hydrogen) atoms. The van der Waals surface area contributed by atoms with Gasteiger partial charge in [-0.15, -0.1) is 5.10 Å². The summed E-state index contributed by atoms with van der Waals surface area (Å²) < 4.78 is 7.12. The van der Waals surface area contributed by atoms with Crippen LogP contribution in [0.1, 0.15) is 6.42 Å². The van der Waals surface area contributed by atoms with E-state index in [2.05, 4.69) is 21.7 Å². The highest BCUT2D eigenvalue weighted by atomic mass is 16.5. The first kappa shape index (κ1) is 10.3. The number of hydrogen-bond donors (Lipinski definition) is 1. The van der Waals surface area contributed by atoms with Crippen molar-refractivity contribution < 1.29 is 4.74 Å². The van der Waals surface area contributed by atoms with Gasteiger partial charge in [0.15, 0.2) is 0 Å². The summed E-state index contributed by atoms with van der Waals surface area (Å²) in [4.78, 5) is 0. The van der Waals surface area contributed by atoms with Crippen LogP contribution >= 0.6 is 0 Å². The van der Waals surface area contributed by atoms with Crippen LogP contribution < -0.4 is 5.32 Å². The Kier molecular flexibility index (Phi) is 2.75. The fourth-order valence-corrected chi connectivity index (χ4v) is 2.00. The lowest BCUT2D eigenvalue weighted by atomic mass is 10.2. The molecule has 0 saturated carbocycles. The quantitative estimate of drug-likeness (QED) is 0.867. The molecule has 1 aliphatic heterocycles. The summed E-state index contributed by atoms with van der Waals surface area (Å²) in [5.74, 6) is 0. The molecule has 2 heterocycles. The molecule has 88 valence electrons. The fraction of sp³-hybridized carbons (Fsp3) is 0.333. The van der Waals surface area contributed by atoms with Crippen LogP contribution in [0.3, 0.4) is 0 Å². The van der Waals surface area contributed by atoms with E-state index >= 15 is 0 Å². The van der Waals surface area contributed by atoms with Gasteiger partial charge in [0.2, 0.25) is 0 Å². The number of ether oxygens (including phenoxy) is 1. The molecule has 0 spiro atoms. The predicted octanol–water partition coefficient (Wildman–Crippen LogP) is 1.47. The zero-order valence-corrected chi connectivity index (χ0v) is 9.41. The standard InChI is InChI=1S/C12H14N4O/c1-2-4-12(16-7-6-13-15-16)11(3-1)14-10-5-8-17-9-10/h1-4,6-7,10,14H,5,8-9H2. The summed E-state index contributed by atoms with van der Waals surface area (Å²) in [5, 5.41) is 11.3. The van der Waals surface area contributed by atoms with Gasteiger partial charge < -0.3 is 10.1 Å². The third kappa shape index (κ3) is 2.14. The second-order valence-electron chi connectivity index (χ2n) is 4.07. The van der Waals surface area contributed by atoms with Gasteiger partial charge in [0.05, 0.1) is 36.4 Å². The van der Waals surface area contributed by atoms with E-state index in [-0.39, 0.29) is 0 Å². The number of para-hydroxylation sites is 2. The molecular formula is C12H14N4O. The molecule has 5 nitrogen and oxygen atoms in total. The van der Waals surface area contributed by atoms with E-state index < -0.39 is 0 Å². The Morgan fingerprint density at radius 1 is 1.35 bits per heavy atom. The van der Waals surface area contributed by atoms with Crippen molar-refractivity contribution in [3.8, 4) is 5.69 Å². The number of anilines is 1. The van der Waals surface area contributed by atoms with Crippen molar-refractivity contribution in [1.82, 2.24) is 15.0 Å². The van der Waals surface area contributed by atoms with Crippen LogP contribution in [0.25, 0.3) is 5.69 Å². The number of rotatable bonds is 3. The molecule has 0 amide bonds. The fourth-order valence-electron chi connectivity index (χ4n) is 2.00. The molecule has 0 bridgehead atoms. The van der Waals surface area contributed by atoms with Gasteiger partial charge in [-0.05, 0) is 18.6 Å². The molecule has 1 aromatic carbocycles. The largest absolute Gasteiger partial charge is 0.379 e. The maximum absolute atomic E-state index is 5.36. The van der Waals surface area contributed by atoms with Crippen molar-refractivity contribution >= 4 is 5.69 Å². The number of hydrogen-bond acceptors (Lipinski definition) is 4. The van der Waals surface area contributed by atoms with Crippen molar-refractivity contribution in [2.45, 2.75) is 12.5 Å². The monoisotopic (exact) mass is 230 g/mol. The minimum atomic E-state index is 0.389. The van der Waals surface area contributed by atoms with Crippen molar-refractivity contribution in [3.63, 3.8) is 0 Å². The van der Waals surface area contributed by atoms with Crippen molar-refractivity contribution in [2.24, 2.45) is 0 Å². The van der Waals surface area contributed by atoms with Crippen LogP contribution in [0.5, 0.6) is 0 Å². The summed E-state index contributed by atoms with van der Waals surface area (Å²) in [7, 11) is 0. The minimum Gasteiger partial charge on any atom is -0.379 e. The van der Waals surface area contributed by atoms with E-state index in [1.165, 1.54) is 0 Å². The van der Waals surface area contributed by atoms with Crippen LogP contribution in [0.4, 0.5) is 5.69 Å². The highest BCUT2D eigenvalue weighted by Crippen LogP contribution is 2.21. The Labute approximate surface area is 99.4 Å². The van der Waals surface area contributed by atoms with Crippen molar-refractivity contribution in [2.75, 3.05) is 18.5 Å². The molecule has 1 aliphatic rings. The third-order valence-electron chi connectivity index (χ3n) is 2.86. The minimum absolute atomic E-state index is 0.389. The molecule has 1 aromatic heterocycles. The summed E-state index contributed by atoms with van der Waals surface area (Å²) in [5.41, 5.74) is 2.07. The maximum atomic E-state index is 5.36. The van der Waals surface area contributed by atoms with E-state index in [1.54, 1.807) is 10.9 Å². The van der Waals surface area contributed by atoms with Gasteiger partial charge in [-0.1, -0.05) is 17.3 Å². The summed E-state index contributed by atoms with van der Waals surface area (Å²) in [6.07, 6.45) is 4.56. The van der Waals surface area contributed by atoms with E-state index in [9.17, 15) is 0 Å². The normalized spacial score (nSPS) is 19.4. The summed E-state index contributed by atoms with van der Waals surface area (Å²) >= 11 is 0. The molecular weight excluding hydrogens is 216 g/mol. The Morgan fingerprint density at radius 3 is 3.06 bits per heavy atom. The SMILES string of the molecule is c1ccc(-n2ccnn2)c(NC2CCOC2)c1. The van der Waals surface area contributed by atoms with E-state index in [0.29, 0.717) is 6.04 Å². The van der Waals surface area contributed by atoms with Gasteiger partial charge in [0.1, 0.15) is 0 Å². The average molecular weight is 230 g/mol. The topological polar surface area (TPSA) is 52.0 Å². The summed E-state index contributed by atoms with van der Waals surface area (Å²) in [6, 6.07) is 8.47. The number of benzene rings is 1. The first-order valence-corrected chi connectivity index (χ1v) is 5.73. The molecule has 0 radical (unpaired) electrons. The number of nitrogens with one attached hydrogen (secondary N) is 1. The molecule has 0 aliphatic carbocycles. The van der Waals surface area contributed by atoms with Crippen molar-refractivity contribution in [1.29, 1.82) is 0 Å². The van der Waals surface area contributed by atoms with Crippen LogP contribution in [-0.2, 0) is 4.74 Å². The van der Waals surface area contributed by atoms with Gasteiger partial charge in [0.25, 0.3) is 0 Å². The second kappa shape index (κ2) is 4.55. The van der Waals surface area contributed by atoms with Crippen LogP contribution in [0, 0.1) is 0 Å². The first-order chi connectivity index (χ1) is 8.43. The van der Waals surface area contributed by atoms with Crippen LogP contribution in [0.2, 0.25) is 0 Å². The second-order valence-corrected chi connectivity index (χ2v) is 4.07. The predicted molar refractivity (Wildman–Crippen MR) is 64.2 cm³/mol. The molecule has 1 unspecified atom stereocenters. The molecule has 1 N–H and O–H groups in total. The lowest BCUT2D eigenvalue weighted by molar-refractivity contribution is 0.195. The van der Waals surface area contributed by atoms with Gasteiger partial charge in [-0.2, -0.15) is 0 Å². The molecule has 1 saturated heterocycles. The van der Waals surface area contributed by atoms with Gasteiger partial charge in [-0.25, -0.2) is 4.68 Å². The third-order valence-corrected chi connectivity index (χ3v) is 2.86. The Bertz CT molecular complexity index is 477. The smallest absolute Gasteiger partial charge is 0.0894 e. The number of nitrogens with zero attached hydrogens (tertiary/aromatic N) is 3. The number of aromatic nitrogens is 3. The maximum Gasteiger partial charge on any atom is 0.0894 e. The lowest BCUT2D eigenvalue weighted by Crippen LogP contribution is -2.20. The van der Waals surface area contributed by atoms with Crippen molar-refractivity contribution in [3.05, 3.63) is 36.7 Å². The zero-order chi connectivity index (χ0) is 11.5. The Morgan fingerprint density at radius 2 is 2.29 bits per heavy atom. The van der Waals surface area contributed by atoms with E-state index in [0.717, 1.165) is 31.0 Å². The van der Waals surface area contributed by atoms with E-state index in [4.69, 9.17) is 4.74 Å². The molecule has 3 rings (SSSR count). The average Bonchev–Trinajstić information content (AvgIpc) is 3.01. The van der Waals surface area contributed by atoms with Crippen LogP contribution in [-0.4, -0.2) is 34.2 Å². The molecule has 1 fully saturated rings. The van der Waals surface area contributed by atoms with Gasteiger partial charge in [-0.3, -0.25) is 0 Å². The van der Waals surface area contributed by atoms with Crippen LogP contribution in [0.15, 0.2) is 36.7 Å². The lowest BCUT2D eigenvalue weighted by Gasteiger charge is -2.15. The highest BCUT2D eigenvalue weighted by molar-refractivity contribution is 5.61. The van der Waals surface area contributed by atoms with Gasteiger partial charge >= 0.3 is 0 Å². The highest BCUT2D eigenvalue weighted by Gasteiger charge is 2.16. The Hall–Kier alpha value is -1.88. The Balaban J connectivity index is 1.88. The zero-order valence-electron chi connectivity index (χ0n) is 9.41. The molecule has 5 heteroatoms.